The van der Waals surface area contributed by atoms with Crippen molar-refractivity contribution >= 4 is 23.4 Å². The Hall–Kier alpha value is -5.26. The highest BCUT2D eigenvalue weighted by Gasteiger charge is 2.51. The summed E-state index contributed by atoms with van der Waals surface area (Å²) in [7, 11) is 4.03. The van der Waals surface area contributed by atoms with Gasteiger partial charge in [-0.3, -0.25) is 19.2 Å². The van der Waals surface area contributed by atoms with E-state index in [-0.39, 0.29) is 56.0 Å². The van der Waals surface area contributed by atoms with Crippen LogP contribution < -0.4 is 20.1 Å². The molecule has 2 aliphatic heterocycles. The van der Waals surface area contributed by atoms with Crippen LogP contribution in [0.3, 0.4) is 0 Å². The van der Waals surface area contributed by atoms with Gasteiger partial charge in [-0.1, -0.05) is 6.07 Å². The highest BCUT2D eigenvalue weighted by atomic mass is 16.7. The Morgan fingerprint density at radius 1 is 0.836 bits per heavy atom. The summed E-state index contributed by atoms with van der Waals surface area (Å²) in [5, 5.41) is 93.0. The third kappa shape index (κ3) is 7.17. The van der Waals surface area contributed by atoms with Crippen molar-refractivity contribution in [1.29, 1.82) is 0 Å². The number of aromatic hydroxyl groups is 2. The standard InChI is InChI=1S/C41H46N2O18/c1-12-7-19-25(36(57-6)22(12)38(53)43-13(2)39(54)55)24-17(10-18-26(32(24)50)29(47)16-8-15(56-5)9-20(44)23(16)28(18)46)30(48)35(19)60-41-34(52)37(27(42-4)14(3)59-41)61-40-33(51)31(49)21(45)11-58-40/h7-10,13-14,21,27,30-31,33-35,37,40-42,44-45,48-52H,11H2,1-6H3,(H,43,53)(H,54,55)/t13-,14-,21-,27+,30+,31+,33-,34-,35+,37+,40+,41+/m1/s1. The van der Waals surface area contributed by atoms with Crippen LogP contribution in [0, 0.1) is 6.92 Å². The van der Waals surface area contributed by atoms with Gasteiger partial charge in [0.1, 0.15) is 71.8 Å². The molecule has 2 aliphatic carbocycles. The smallest absolute Gasteiger partial charge is 0.325 e. The molecule has 20 nitrogen and oxygen atoms in total. The number of phenolic OH excluding ortho intramolecular Hbond substituents is 2. The number of rotatable bonds is 10. The number of fused-ring (bicyclic) bond motifs is 5. The number of nitrogens with one attached hydrogen (secondary N) is 2. The highest BCUT2D eigenvalue weighted by molar-refractivity contribution is 6.31. The number of carboxylic acid groups (broad SMARTS) is 1. The molecule has 20 heteroatoms. The maximum Gasteiger partial charge on any atom is 0.325 e. The molecular formula is C41H46N2O18. The number of phenols is 2. The molecule has 0 aromatic heterocycles. The number of amides is 1. The fraction of sp³-hybridized carbons (Fsp3) is 0.463. The molecule has 0 bridgehead atoms. The SMILES string of the molecule is CN[C@@H]1[C@H](O[C@@H]2OC[C@@H](O)[C@H](O)[C@H]2O)[C@@H](O)[C@H](O[C@H]2c3cc(C)c(C(=O)N[C@H](C)C(=O)O)c(OC)c3-c3c(cc4c(c3O)C(=O)c3cc(OC)cc(O)c3C4=O)[C@@H]2O)O[C@@H]1C. The predicted octanol–water partition coefficient (Wildman–Crippen LogP) is -0.309. The van der Waals surface area contributed by atoms with Gasteiger partial charge in [0.2, 0.25) is 0 Å². The van der Waals surface area contributed by atoms with Gasteiger partial charge in [0.15, 0.2) is 24.1 Å². The third-order valence-corrected chi connectivity index (χ3v) is 11.6. The van der Waals surface area contributed by atoms with Crippen molar-refractivity contribution in [3.63, 3.8) is 0 Å². The van der Waals surface area contributed by atoms with Gasteiger partial charge in [-0.15, -0.1) is 0 Å². The van der Waals surface area contributed by atoms with E-state index < -0.39 is 126 Å². The van der Waals surface area contributed by atoms with Crippen LogP contribution in [0.5, 0.6) is 23.0 Å². The Balaban J connectivity index is 1.39. The van der Waals surface area contributed by atoms with Crippen LogP contribution in [0.25, 0.3) is 11.1 Å². The molecule has 0 radical (unpaired) electrons. The van der Waals surface area contributed by atoms with Crippen molar-refractivity contribution < 1.29 is 88.5 Å². The Labute approximate surface area is 347 Å². The third-order valence-electron chi connectivity index (χ3n) is 11.6. The molecule has 0 spiro atoms. The molecule has 12 atom stereocenters. The van der Waals surface area contributed by atoms with Crippen LogP contribution in [0.4, 0.5) is 0 Å². The summed E-state index contributed by atoms with van der Waals surface area (Å²) in [5.41, 5.74) is -2.15. The summed E-state index contributed by atoms with van der Waals surface area (Å²) >= 11 is 0. The minimum absolute atomic E-state index is 0.0292. The van der Waals surface area contributed by atoms with Crippen LogP contribution in [0.1, 0.15) is 84.9 Å². The number of aliphatic carboxylic acids is 1. The van der Waals surface area contributed by atoms with Crippen molar-refractivity contribution in [1.82, 2.24) is 10.6 Å². The fourth-order valence-corrected chi connectivity index (χ4v) is 8.48. The highest BCUT2D eigenvalue weighted by Crippen LogP contribution is 2.57. The second-order valence-corrected chi connectivity index (χ2v) is 15.3. The normalized spacial score (nSPS) is 29.7. The number of carbonyl (C=O) groups is 4. The summed E-state index contributed by atoms with van der Waals surface area (Å²) in [6, 6.07) is 2.73. The molecule has 1 amide bonds. The van der Waals surface area contributed by atoms with Gasteiger partial charge in [0, 0.05) is 28.3 Å². The second kappa shape index (κ2) is 16.5. The fourth-order valence-electron chi connectivity index (χ4n) is 8.48. The molecule has 328 valence electrons. The number of ether oxygens (including phenoxy) is 6. The van der Waals surface area contributed by atoms with E-state index >= 15 is 0 Å². The van der Waals surface area contributed by atoms with Crippen LogP contribution >= 0.6 is 0 Å². The quantitative estimate of drug-likeness (QED) is 0.0978. The van der Waals surface area contributed by atoms with E-state index in [1.54, 1.807) is 14.0 Å². The monoisotopic (exact) mass is 854 g/mol. The number of hydrogen-bond donors (Lipinski definition) is 10. The Morgan fingerprint density at radius 2 is 1.51 bits per heavy atom. The molecule has 0 saturated carbocycles. The van der Waals surface area contributed by atoms with Crippen molar-refractivity contribution in [2.24, 2.45) is 0 Å². The average Bonchev–Trinajstić information content (AvgIpc) is 3.21. The molecular weight excluding hydrogens is 808 g/mol. The number of ketones is 2. The molecule has 2 saturated heterocycles. The lowest BCUT2D eigenvalue weighted by molar-refractivity contribution is -0.339. The Bertz CT molecular complexity index is 2300. The molecule has 0 unspecified atom stereocenters. The summed E-state index contributed by atoms with van der Waals surface area (Å²) in [6.45, 7) is 3.94. The van der Waals surface area contributed by atoms with Crippen LogP contribution in [-0.4, -0.2) is 153 Å². The lowest BCUT2D eigenvalue weighted by Gasteiger charge is -2.47. The lowest BCUT2D eigenvalue weighted by atomic mass is 9.74. The van der Waals surface area contributed by atoms with Gasteiger partial charge in [-0.25, -0.2) is 0 Å². The van der Waals surface area contributed by atoms with Crippen molar-refractivity contribution in [3.8, 4) is 34.1 Å². The molecule has 4 aliphatic rings. The van der Waals surface area contributed by atoms with Gasteiger partial charge in [-0.2, -0.15) is 0 Å². The molecule has 3 aromatic rings. The average molecular weight is 855 g/mol. The zero-order valence-electron chi connectivity index (χ0n) is 33.6. The van der Waals surface area contributed by atoms with Gasteiger partial charge in [-0.05, 0) is 56.6 Å². The summed E-state index contributed by atoms with van der Waals surface area (Å²) in [5.74, 6) is -5.64. The number of aryl methyl sites for hydroxylation is 1. The summed E-state index contributed by atoms with van der Waals surface area (Å²) < 4.78 is 35.0. The van der Waals surface area contributed by atoms with Crippen molar-refractivity contribution in [2.45, 2.75) is 94.3 Å². The first-order chi connectivity index (χ1) is 28.9. The van der Waals surface area contributed by atoms with Gasteiger partial charge in [0.05, 0.1) is 49.7 Å². The second-order valence-electron chi connectivity index (χ2n) is 15.3. The number of methoxy groups -OCH3 is 2. The minimum Gasteiger partial charge on any atom is -0.507 e. The largest absolute Gasteiger partial charge is 0.507 e. The summed E-state index contributed by atoms with van der Waals surface area (Å²) in [4.78, 5) is 53.8. The molecule has 2 heterocycles. The number of aliphatic hydroxyl groups is 5. The predicted molar refractivity (Wildman–Crippen MR) is 206 cm³/mol. The zero-order valence-corrected chi connectivity index (χ0v) is 33.6. The minimum atomic E-state index is -1.84. The number of carbonyl (C=O) groups excluding carboxylic acids is 3. The van der Waals surface area contributed by atoms with E-state index in [1.807, 2.05) is 0 Å². The first kappa shape index (κ1) is 43.8. The van der Waals surface area contributed by atoms with Crippen LogP contribution in [0.15, 0.2) is 24.3 Å². The Morgan fingerprint density at radius 3 is 2.15 bits per heavy atom. The van der Waals surface area contributed by atoms with E-state index in [0.717, 1.165) is 12.1 Å². The molecule has 3 aromatic carbocycles. The maximum atomic E-state index is 14.2. The van der Waals surface area contributed by atoms with E-state index in [0.29, 0.717) is 0 Å². The van der Waals surface area contributed by atoms with Gasteiger partial charge >= 0.3 is 5.97 Å². The van der Waals surface area contributed by atoms with Crippen LogP contribution in [-0.2, 0) is 23.7 Å². The Kier molecular flexibility index (Phi) is 11.9. The number of aliphatic hydroxyl groups excluding tert-OH is 5. The van der Waals surface area contributed by atoms with Crippen LogP contribution in [0.2, 0.25) is 0 Å². The number of carboxylic acids is 1. The zero-order chi connectivity index (χ0) is 44.5. The molecule has 2 fully saturated rings. The maximum absolute atomic E-state index is 14.2. The topological polar surface area (TPSA) is 310 Å². The molecule has 61 heavy (non-hydrogen) atoms. The van der Waals surface area contributed by atoms with E-state index in [4.69, 9.17) is 28.4 Å². The first-order valence-electron chi connectivity index (χ1n) is 19.2. The summed E-state index contributed by atoms with van der Waals surface area (Å²) in [6.07, 6.45) is -15.2. The van der Waals surface area contributed by atoms with E-state index in [1.165, 1.54) is 40.2 Å². The van der Waals surface area contributed by atoms with Crippen molar-refractivity contribution in [3.05, 3.63) is 68.8 Å². The lowest BCUT2D eigenvalue weighted by Crippen LogP contribution is -2.65. The first-order valence-corrected chi connectivity index (χ1v) is 19.2. The number of likely N-dealkylation sites (N-methyl/N-ethyl adjacent to an activating group) is 1. The molecule has 7 rings (SSSR count). The van der Waals surface area contributed by atoms with E-state index in [9.17, 15) is 60.0 Å². The molecule has 10 N–H and O–H groups in total. The van der Waals surface area contributed by atoms with E-state index in [2.05, 4.69) is 10.6 Å². The van der Waals surface area contributed by atoms with Gasteiger partial charge in [0.25, 0.3) is 5.91 Å². The number of hydrogen-bond acceptors (Lipinski definition) is 18. The number of benzene rings is 3. The van der Waals surface area contributed by atoms with Crippen molar-refractivity contribution in [2.75, 3.05) is 27.9 Å². The van der Waals surface area contributed by atoms with Gasteiger partial charge < -0.3 is 79.9 Å².